The SMILES string of the molecule is CCS(=O)(=O)c1ccc(CC(=O)Nc2ccc(C3(c4ccc(C(F)(F)F)cc4)CNCCO3)cc2)cc1. The molecule has 0 aromatic heterocycles. The van der Waals surface area contributed by atoms with Gasteiger partial charge in [-0.2, -0.15) is 13.2 Å². The number of amides is 1. The molecule has 4 rings (SSSR count). The highest BCUT2D eigenvalue weighted by atomic mass is 32.2. The number of anilines is 1. The second kappa shape index (κ2) is 10.6. The molecule has 0 radical (unpaired) electrons. The van der Waals surface area contributed by atoms with Crippen LogP contribution in [0.1, 0.15) is 29.2 Å². The largest absolute Gasteiger partial charge is 0.416 e. The molecule has 0 bridgehead atoms. The van der Waals surface area contributed by atoms with Gasteiger partial charge in [-0.05, 0) is 53.1 Å². The second-order valence-electron chi connectivity index (χ2n) is 8.78. The maximum absolute atomic E-state index is 13.0. The van der Waals surface area contributed by atoms with Gasteiger partial charge < -0.3 is 15.4 Å². The quantitative estimate of drug-likeness (QED) is 0.467. The average Bonchev–Trinajstić information content (AvgIpc) is 2.89. The van der Waals surface area contributed by atoms with Gasteiger partial charge in [0.1, 0.15) is 5.60 Å². The normalized spacial score (nSPS) is 18.4. The van der Waals surface area contributed by atoms with Crippen molar-refractivity contribution in [3.8, 4) is 0 Å². The minimum absolute atomic E-state index is 0.00405. The van der Waals surface area contributed by atoms with Crippen molar-refractivity contribution in [2.24, 2.45) is 0 Å². The summed E-state index contributed by atoms with van der Waals surface area (Å²) in [5.74, 6) is -0.267. The van der Waals surface area contributed by atoms with Crippen molar-refractivity contribution in [3.63, 3.8) is 0 Å². The van der Waals surface area contributed by atoms with Crippen LogP contribution in [0.5, 0.6) is 0 Å². The number of hydrogen-bond acceptors (Lipinski definition) is 5. The van der Waals surface area contributed by atoms with E-state index in [2.05, 4.69) is 10.6 Å². The van der Waals surface area contributed by atoms with Crippen LogP contribution in [0, 0.1) is 0 Å². The smallest absolute Gasteiger partial charge is 0.363 e. The molecule has 0 saturated carbocycles. The first-order valence-electron chi connectivity index (χ1n) is 11.8. The lowest BCUT2D eigenvalue weighted by molar-refractivity contribution is -0.137. The van der Waals surface area contributed by atoms with Crippen molar-refractivity contribution in [3.05, 3.63) is 95.1 Å². The zero-order chi connectivity index (χ0) is 26.7. The predicted octanol–water partition coefficient (Wildman–Crippen LogP) is 4.54. The Bertz CT molecular complexity index is 1330. The lowest BCUT2D eigenvalue weighted by Crippen LogP contribution is -2.48. The zero-order valence-electron chi connectivity index (χ0n) is 20.1. The van der Waals surface area contributed by atoms with Crippen molar-refractivity contribution < 1.29 is 31.1 Å². The van der Waals surface area contributed by atoms with Gasteiger partial charge in [0.05, 0.1) is 29.2 Å². The molecule has 3 aromatic rings. The van der Waals surface area contributed by atoms with Crippen LogP contribution in [-0.4, -0.2) is 39.8 Å². The van der Waals surface area contributed by atoms with E-state index in [1.54, 1.807) is 43.3 Å². The number of nitrogens with one attached hydrogen (secondary N) is 2. The van der Waals surface area contributed by atoms with Gasteiger partial charge in [0, 0.05) is 18.8 Å². The Hall–Kier alpha value is -3.21. The second-order valence-corrected chi connectivity index (χ2v) is 11.1. The Balaban J connectivity index is 1.48. The Morgan fingerprint density at radius 2 is 1.57 bits per heavy atom. The highest BCUT2D eigenvalue weighted by Crippen LogP contribution is 2.37. The number of carbonyl (C=O) groups excluding carboxylic acids is 1. The summed E-state index contributed by atoms with van der Waals surface area (Å²) in [5.41, 5.74) is 0.862. The van der Waals surface area contributed by atoms with E-state index in [4.69, 9.17) is 4.74 Å². The number of ether oxygens (including phenoxy) is 1. The lowest BCUT2D eigenvalue weighted by Gasteiger charge is -2.39. The van der Waals surface area contributed by atoms with Gasteiger partial charge in [0.15, 0.2) is 9.84 Å². The number of alkyl halides is 3. The van der Waals surface area contributed by atoms with E-state index in [1.165, 1.54) is 24.3 Å². The van der Waals surface area contributed by atoms with Crippen LogP contribution in [0.15, 0.2) is 77.7 Å². The van der Waals surface area contributed by atoms with Crippen LogP contribution in [0.4, 0.5) is 18.9 Å². The lowest BCUT2D eigenvalue weighted by atomic mass is 9.84. The van der Waals surface area contributed by atoms with Gasteiger partial charge in [-0.1, -0.05) is 43.3 Å². The molecule has 1 aliphatic heterocycles. The molecule has 1 heterocycles. The Kier molecular flexibility index (Phi) is 7.72. The molecule has 37 heavy (non-hydrogen) atoms. The maximum Gasteiger partial charge on any atom is 0.416 e. The highest BCUT2D eigenvalue weighted by molar-refractivity contribution is 7.91. The van der Waals surface area contributed by atoms with Gasteiger partial charge in [0.25, 0.3) is 0 Å². The fourth-order valence-electron chi connectivity index (χ4n) is 4.27. The summed E-state index contributed by atoms with van der Waals surface area (Å²) in [4.78, 5) is 12.8. The molecular weight excluding hydrogens is 505 g/mol. The first-order chi connectivity index (χ1) is 17.5. The first-order valence-corrected chi connectivity index (χ1v) is 13.4. The van der Waals surface area contributed by atoms with Crippen LogP contribution in [0.25, 0.3) is 0 Å². The van der Waals surface area contributed by atoms with E-state index in [1.807, 2.05) is 0 Å². The molecule has 1 unspecified atom stereocenters. The van der Waals surface area contributed by atoms with E-state index in [9.17, 15) is 26.4 Å². The predicted molar refractivity (Wildman–Crippen MR) is 134 cm³/mol. The Morgan fingerprint density at radius 1 is 0.973 bits per heavy atom. The summed E-state index contributed by atoms with van der Waals surface area (Å²) in [6.45, 7) is 2.97. The first kappa shape index (κ1) is 26.8. The number of sulfone groups is 1. The van der Waals surface area contributed by atoms with Crippen LogP contribution in [-0.2, 0) is 37.6 Å². The van der Waals surface area contributed by atoms with Gasteiger partial charge >= 0.3 is 6.18 Å². The number of halogens is 3. The van der Waals surface area contributed by atoms with E-state index in [0.29, 0.717) is 36.5 Å². The van der Waals surface area contributed by atoms with Crippen LogP contribution < -0.4 is 10.6 Å². The maximum atomic E-state index is 13.0. The molecule has 1 fully saturated rings. The molecule has 1 atom stereocenters. The summed E-state index contributed by atoms with van der Waals surface area (Å²) >= 11 is 0. The van der Waals surface area contributed by atoms with Gasteiger partial charge in [-0.15, -0.1) is 0 Å². The minimum atomic E-state index is -4.42. The highest BCUT2D eigenvalue weighted by Gasteiger charge is 2.38. The molecule has 6 nitrogen and oxygen atoms in total. The molecule has 196 valence electrons. The van der Waals surface area contributed by atoms with E-state index >= 15 is 0 Å². The Morgan fingerprint density at radius 3 is 2.08 bits per heavy atom. The third-order valence-corrected chi connectivity index (χ3v) is 8.09. The van der Waals surface area contributed by atoms with Gasteiger partial charge in [-0.25, -0.2) is 8.42 Å². The number of hydrogen-bond donors (Lipinski definition) is 2. The molecular formula is C27H27F3N2O4S. The average molecular weight is 533 g/mol. The molecule has 1 saturated heterocycles. The fraction of sp³-hybridized carbons (Fsp3) is 0.296. The van der Waals surface area contributed by atoms with Crippen LogP contribution in [0.2, 0.25) is 0 Å². The van der Waals surface area contributed by atoms with Crippen molar-refractivity contribution in [1.82, 2.24) is 5.32 Å². The van der Waals surface area contributed by atoms with Crippen LogP contribution in [0.3, 0.4) is 0 Å². The minimum Gasteiger partial charge on any atom is -0.363 e. The summed E-state index contributed by atoms with van der Waals surface area (Å²) in [5, 5.41) is 6.07. The summed E-state index contributed by atoms with van der Waals surface area (Å²) in [7, 11) is -3.30. The number of carbonyl (C=O) groups is 1. The monoisotopic (exact) mass is 532 g/mol. The number of morpholine rings is 1. The molecule has 1 aliphatic rings. The summed E-state index contributed by atoms with van der Waals surface area (Å²) in [6.07, 6.45) is -4.36. The van der Waals surface area contributed by atoms with Crippen molar-refractivity contribution in [2.75, 3.05) is 30.8 Å². The number of benzene rings is 3. The fourth-order valence-corrected chi connectivity index (χ4v) is 5.16. The van der Waals surface area contributed by atoms with Crippen molar-refractivity contribution in [1.29, 1.82) is 0 Å². The third-order valence-electron chi connectivity index (χ3n) is 6.34. The van der Waals surface area contributed by atoms with Crippen molar-refractivity contribution in [2.45, 2.75) is 30.0 Å². The topological polar surface area (TPSA) is 84.5 Å². The summed E-state index contributed by atoms with van der Waals surface area (Å²) < 4.78 is 69.2. The summed E-state index contributed by atoms with van der Waals surface area (Å²) in [6, 6.07) is 18.2. The Labute approximate surface area is 213 Å². The molecule has 10 heteroatoms. The molecule has 1 amide bonds. The van der Waals surface area contributed by atoms with E-state index in [0.717, 1.165) is 17.7 Å². The molecule has 0 aliphatic carbocycles. The van der Waals surface area contributed by atoms with Crippen molar-refractivity contribution >= 4 is 21.4 Å². The van der Waals surface area contributed by atoms with E-state index in [-0.39, 0.29) is 23.0 Å². The zero-order valence-corrected chi connectivity index (χ0v) is 21.0. The van der Waals surface area contributed by atoms with Crippen LogP contribution >= 0.6 is 0 Å². The molecule has 2 N–H and O–H groups in total. The molecule has 0 spiro atoms. The standard InChI is InChI=1S/C27H27F3N2O4S/c1-2-37(34,35)24-13-3-19(4-14-24)17-25(33)32-23-11-9-21(10-12-23)26(18-31-15-16-36-26)20-5-7-22(8-6-20)27(28,29)30/h3-14,31H,2,15-18H2,1H3,(H,32,33). The molecule has 3 aromatic carbocycles. The van der Waals surface area contributed by atoms with E-state index < -0.39 is 27.2 Å². The van der Waals surface area contributed by atoms with Gasteiger partial charge in [0.2, 0.25) is 5.91 Å². The van der Waals surface area contributed by atoms with Gasteiger partial charge in [-0.3, -0.25) is 4.79 Å². The third kappa shape index (κ3) is 6.03. The number of rotatable bonds is 7.